The smallest absolute Gasteiger partial charge is 0.289 e. The van der Waals surface area contributed by atoms with E-state index in [-0.39, 0.29) is 11.8 Å². The Morgan fingerprint density at radius 1 is 1.28 bits per heavy atom. The minimum Gasteiger partial charge on any atom is -0.450 e. The molecular weight excluding hydrogens is 318 g/mol. The summed E-state index contributed by atoms with van der Waals surface area (Å²) in [4.78, 5) is 19.2. The predicted molar refractivity (Wildman–Crippen MR) is 92.6 cm³/mol. The molecule has 130 valence electrons. The first-order chi connectivity index (χ1) is 12.0. The maximum atomic E-state index is 13.1. The van der Waals surface area contributed by atoms with Crippen molar-refractivity contribution in [2.45, 2.75) is 39.5 Å². The molecule has 0 radical (unpaired) electrons. The number of aryl methyl sites for hydroxylation is 3. The van der Waals surface area contributed by atoms with Crippen LogP contribution in [0.4, 0.5) is 0 Å². The molecule has 2 aromatic heterocycles. The highest BCUT2D eigenvalue weighted by Crippen LogP contribution is 2.31. The van der Waals surface area contributed by atoms with Crippen LogP contribution in [0.3, 0.4) is 0 Å². The summed E-state index contributed by atoms with van der Waals surface area (Å²) in [6.07, 6.45) is 1.88. The number of benzene rings is 1. The van der Waals surface area contributed by atoms with Gasteiger partial charge in [0, 0.05) is 36.9 Å². The molecule has 1 atom stereocenters. The van der Waals surface area contributed by atoms with Crippen LogP contribution in [-0.4, -0.2) is 34.0 Å². The first kappa shape index (κ1) is 15.9. The van der Waals surface area contributed by atoms with Gasteiger partial charge in [-0.1, -0.05) is 23.4 Å². The Kier molecular flexibility index (Phi) is 3.82. The SMILES string of the molecule is Cc1nc([C@H]2CCCN(C(=O)c3oc4c(C)cccc4c3C)C2)no1. The highest BCUT2D eigenvalue weighted by Gasteiger charge is 2.31. The van der Waals surface area contributed by atoms with Gasteiger partial charge in [-0.25, -0.2) is 0 Å². The average molecular weight is 339 g/mol. The zero-order valence-electron chi connectivity index (χ0n) is 14.7. The van der Waals surface area contributed by atoms with Crippen molar-refractivity contribution in [3.63, 3.8) is 0 Å². The first-order valence-electron chi connectivity index (χ1n) is 8.63. The van der Waals surface area contributed by atoms with Crippen molar-refractivity contribution in [3.05, 3.63) is 46.8 Å². The Hall–Kier alpha value is -2.63. The van der Waals surface area contributed by atoms with Crippen molar-refractivity contribution in [1.82, 2.24) is 15.0 Å². The van der Waals surface area contributed by atoms with E-state index >= 15 is 0 Å². The van der Waals surface area contributed by atoms with E-state index in [0.717, 1.165) is 41.5 Å². The van der Waals surface area contributed by atoms with Crippen molar-refractivity contribution in [1.29, 1.82) is 0 Å². The lowest BCUT2D eigenvalue weighted by molar-refractivity contribution is 0.0672. The maximum absolute atomic E-state index is 13.1. The highest BCUT2D eigenvalue weighted by atomic mass is 16.5. The minimum absolute atomic E-state index is 0.0574. The summed E-state index contributed by atoms with van der Waals surface area (Å²) in [6.45, 7) is 7.04. The van der Waals surface area contributed by atoms with Gasteiger partial charge in [-0.3, -0.25) is 4.79 Å². The lowest BCUT2D eigenvalue weighted by atomic mass is 9.97. The van der Waals surface area contributed by atoms with Crippen LogP contribution in [0.1, 0.15) is 52.2 Å². The second kappa shape index (κ2) is 6.02. The number of rotatable bonds is 2. The number of hydrogen-bond acceptors (Lipinski definition) is 5. The number of carbonyl (C=O) groups excluding carboxylic acids is 1. The van der Waals surface area contributed by atoms with Gasteiger partial charge in [0.2, 0.25) is 5.89 Å². The highest BCUT2D eigenvalue weighted by molar-refractivity contribution is 5.99. The van der Waals surface area contributed by atoms with Crippen LogP contribution >= 0.6 is 0 Å². The zero-order chi connectivity index (χ0) is 17.6. The van der Waals surface area contributed by atoms with Crippen LogP contribution in [0.15, 0.2) is 27.1 Å². The normalized spacial score (nSPS) is 18.0. The summed E-state index contributed by atoms with van der Waals surface area (Å²) < 4.78 is 11.0. The topological polar surface area (TPSA) is 72.4 Å². The van der Waals surface area contributed by atoms with Crippen molar-refractivity contribution in [3.8, 4) is 0 Å². The van der Waals surface area contributed by atoms with Gasteiger partial charge < -0.3 is 13.8 Å². The number of fused-ring (bicyclic) bond motifs is 1. The molecular formula is C19H21N3O3. The lowest BCUT2D eigenvalue weighted by Gasteiger charge is -2.30. The molecule has 1 amide bonds. The zero-order valence-corrected chi connectivity index (χ0v) is 14.7. The molecule has 6 heteroatoms. The molecule has 0 N–H and O–H groups in total. The summed E-state index contributed by atoms with van der Waals surface area (Å²) in [5.74, 6) is 1.74. The Morgan fingerprint density at radius 3 is 2.84 bits per heavy atom. The summed E-state index contributed by atoms with van der Waals surface area (Å²) in [5.41, 5.74) is 2.74. The summed E-state index contributed by atoms with van der Waals surface area (Å²) in [5, 5.41) is 5.03. The Bertz CT molecular complexity index is 941. The van der Waals surface area contributed by atoms with Gasteiger partial charge in [-0.15, -0.1) is 0 Å². The molecule has 0 saturated carbocycles. The molecule has 1 fully saturated rings. The molecule has 0 unspecified atom stereocenters. The van der Waals surface area contributed by atoms with Crippen LogP contribution in [0.25, 0.3) is 11.0 Å². The number of likely N-dealkylation sites (tertiary alicyclic amines) is 1. The van der Waals surface area contributed by atoms with Crippen LogP contribution < -0.4 is 0 Å². The number of hydrogen-bond donors (Lipinski definition) is 0. The monoisotopic (exact) mass is 339 g/mol. The number of furan rings is 1. The Morgan fingerprint density at radius 2 is 2.12 bits per heavy atom. The van der Waals surface area contributed by atoms with E-state index in [9.17, 15) is 4.79 Å². The van der Waals surface area contributed by atoms with Gasteiger partial charge in [0.25, 0.3) is 5.91 Å². The van der Waals surface area contributed by atoms with Gasteiger partial charge in [0.05, 0.1) is 0 Å². The standard InChI is InChI=1S/C19H21N3O3/c1-11-6-4-8-15-12(2)17(24-16(11)15)19(23)22-9-5-7-14(10-22)18-20-13(3)25-21-18/h4,6,8,14H,5,7,9-10H2,1-3H3/t14-/m0/s1. The lowest BCUT2D eigenvalue weighted by Crippen LogP contribution is -2.39. The van der Waals surface area contributed by atoms with Crippen LogP contribution in [0.5, 0.6) is 0 Å². The van der Waals surface area contributed by atoms with Crippen molar-refractivity contribution in [2.75, 3.05) is 13.1 Å². The van der Waals surface area contributed by atoms with Crippen LogP contribution in [0.2, 0.25) is 0 Å². The molecule has 0 aliphatic carbocycles. The molecule has 1 aromatic carbocycles. The predicted octanol–water partition coefficient (Wildman–Crippen LogP) is 3.76. The molecule has 6 nitrogen and oxygen atoms in total. The molecule has 1 saturated heterocycles. The number of carbonyl (C=O) groups is 1. The van der Waals surface area contributed by atoms with Gasteiger partial charge in [-0.2, -0.15) is 4.98 Å². The second-order valence-electron chi connectivity index (χ2n) is 6.77. The molecule has 25 heavy (non-hydrogen) atoms. The quantitative estimate of drug-likeness (QED) is 0.711. The van der Waals surface area contributed by atoms with Crippen molar-refractivity contribution >= 4 is 16.9 Å². The third kappa shape index (κ3) is 2.71. The molecule has 4 rings (SSSR count). The number of amides is 1. The molecule has 3 aromatic rings. The number of para-hydroxylation sites is 1. The largest absolute Gasteiger partial charge is 0.450 e. The van der Waals surface area contributed by atoms with E-state index in [1.54, 1.807) is 6.92 Å². The third-order valence-corrected chi connectivity index (χ3v) is 4.97. The molecule has 0 bridgehead atoms. The fraction of sp³-hybridized carbons (Fsp3) is 0.421. The summed E-state index contributed by atoms with van der Waals surface area (Å²) in [6, 6.07) is 5.98. The summed E-state index contributed by atoms with van der Waals surface area (Å²) >= 11 is 0. The second-order valence-corrected chi connectivity index (χ2v) is 6.77. The van der Waals surface area contributed by atoms with E-state index in [1.165, 1.54) is 0 Å². The van der Waals surface area contributed by atoms with Gasteiger partial charge in [-0.05, 0) is 32.3 Å². The molecule has 1 aliphatic heterocycles. The Balaban J connectivity index is 1.62. The van der Waals surface area contributed by atoms with E-state index in [0.29, 0.717) is 24.0 Å². The fourth-order valence-electron chi connectivity index (χ4n) is 3.58. The Labute approximate surface area is 145 Å². The van der Waals surface area contributed by atoms with Gasteiger partial charge >= 0.3 is 0 Å². The summed E-state index contributed by atoms with van der Waals surface area (Å²) in [7, 11) is 0. The maximum Gasteiger partial charge on any atom is 0.289 e. The van der Waals surface area contributed by atoms with Gasteiger partial charge in [0.1, 0.15) is 5.58 Å². The van der Waals surface area contributed by atoms with E-state index in [2.05, 4.69) is 10.1 Å². The van der Waals surface area contributed by atoms with E-state index in [4.69, 9.17) is 8.94 Å². The fourth-order valence-corrected chi connectivity index (χ4v) is 3.58. The molecule has 1 aliphatic rings. The minimum atomic E-state index is -0.0574. The first-order valence-corrected chi connectivity index (χ1v) is 8.63. The number of nitrogens with zero attached hydrogens (tertiary/aromatic N) is 3. The van der Waals surface area contributed by atoms with E-state index < -0.39 is 0 Å². The van der Waals surface area contributed by atoms with Gasteiger partial charge in [0.15, 0.2) is 11.6 Å². The van der Waals surface area contributed by atoms with Crippen LogP contribution in [0, 0.1) is 20.8 Å². The van der Waals surface area contributed by atoms with Crippen LogP contribution in [-0.2, 0) is 0 Å². The van der Waals surface area contributed by atoms with Crippen molar-refractivity contribution in [2.24, 2.45) is 0 Å². The molecule has 3 heterocycles. The molecule has 0 spiro atoms. The van der Waals surface area contributed by atoms with Crippen molar-refractivity contribution < 1.29 is 13.7 Å². The third-order valence-electron chi connectivity index (χ3n) is 4.97. The number of aromatic nitrogens is 2. The van der Waals surface area contributed by atoms with E-state index in [1.807, 2.05) is 36.9 Å². The number of piperidine rings is 1. The average Bonchev–Trinajstić information content (AvgIpc) is 3.20.